The first kappa shape index (κ1) is 15.6. The summed E-state index contributed by atoms with van der Waals surface area (Å²) in [7, 11) is 0. The van der Waals surface area contributed by atoms with Crippen molar-refractivity contribution in [2.24, 2.45) is 0 Å². The van der Waals surface area contributed by atoms with E-state index in [0.29, 0.717) is 25.1 Å². The molecule has 0 spiro atoms. The molecule has 5 nitrogen and oxygen atoms in total. The number of nitrogens with one attached hydrogen (secondary N) is 1. The number of ether oxygens (including phenoxy) is 2. The van der Waals surface area contributed by atoms with Gasteiger partial charge >= 0.3 is 0 Å². The van der Waals surface area contributed by atoms with E-state index < -0.39 is 0 Å². The van der Waals surface area contributed by atoms with Gasteiger partial charge in [0.2, 0.25) is 0 Å². The van der Waals surface area contributed by atoms with Gasteiger partial charge in [-0.3, -0.25) is 4.79 Å². The molecule has 4 rings (SSSR count). The minimum absolute atomic E-state index is 0.0609. The molecule has 25 heavy (non-hydrogen) atoms. The van der Waals surface area contributed by atoms with Crippen molar-refractivity contribution in [2.45, 2.75) is 19.4 Å². The zero-order chi connectivity index (χ0) is 17.2. The summed E-state index contributed by atoms with van der Waals surface area (Å²) in [6, 6.07) is 15.0. The number of para-hydroxylation sites is 2. The van der Waals surface area contributed by atoms with Gasteiger partial charge in [0.25, 0.3) is 5.91 Å². The van der Waals surface area contributed by atoms with Crippen LogP contribution in [-0.4, -0.2) is 25.2 Å². The third-order valence-corrected chi connectivity index (χ3v) is 4.22. The Morgan fingerprint density at radius 2 is 2.00 bits per heavy atom. The average molecular weight is 337 g/mol. The smallest absolute Gasteiger partial charge is 0.251 e. The van der Waals surface area contributed by atoms with Crippen molar-refractivity contribution in [3.05, 3.63) is 59.9 Å². The molecule has 3 aromatic rings. The lowest BCUT2D eigenvalue weighted by Gasteiger charge is -2.26. The molecule has 1 aromatic heterocycles. The number of carbonyl (C=O) groups is 1. The van der Waals surface area contributed by atoms with Crippen molar-refractivity contribution in [3.63, 3.8) is 0 Å². The van der Waals surface area contributed by atoms with Crippen LogP contribution in [0.3, 0.4) is 0 Å². The maximum absolute atomic E-state index is 12.3. The number of fused-ring (bicyclic) bond motifs is 2. The first-order chi connectivity index (χ1) is 12.2. The molecule has 0 fully saturated rings. The summed E-state index contributed by atoms with van der Waals surface area (Å²) >= 11 is 0. The molecule has 1 atom stereocenters. The van der Waals surface area contributed by atoms with Crippen molar-refractivity contribution in [2.75, 3.05) is 13.2 Å². The number of amides is 1. The lowest BCUT2D eigenvalue weighted by atomic mass is 10.1. The standard InChI is InChI=1S/C20H19NO4/c1-13-10-15-11-14(6-7-17(15)24-13)20(22)21-9-8-16-12-23-18-4-2-3-5-19(18)25-16/h2-7,10-11,16H,8-9,12H2,1H3,(H,21,22)/t16-/m0/s1. The molecule has 2 aromatic carbocycles. The lowest BCUT2D eigenvalue weighted by Crippen LogP contribution is -2.34. The summed E-state index contributed by atoms with van der Waals surface area (Å²) in [5.41, 5.74) is 1.42. The second-order valence-corrected chi connectivity index (χ2v) is 6.15. The molecular weight excluding hydrogens is 318 g/mol. The van der Waals surface area contributed by atoms with Gasteiger partial charge in [0.05, 0.1) is 0 Å². The molecule has 1 aliphatic heterocycles. The van der Waals surface area contributed by atoms with Crippen molar-refractivity contribution in [3.8, 4) is 11.5 Å². The summed E-state index contributed by atoms with van der Waals surface area (Å²) in [6.07, 6.45) is 0.627. The fraction of sp³-hybridized carbons (Fsp3) is 0.250. The van der Waals surface area contributed by atoms with Gasteiger partial charge in [-0.15, -0.1) is 0 Å². The number of carbonyl (C=O) groups excluding carboxylic acids is 1. The van der Waals surface area contributed by atoms with E-state index in [4.69, 9.17) is 13.9 Å². The first-order valence-electron chi connectivity index (χ1n) is 8.36. The summed E-state index contributed by atoms with van der Waals surface area (Å²) in [4.78, 5) is 12.3. The molecule has 5 heteroatoms. The van der Waals surface area contributed by atoms with Crippen LogP contribution in [0.5, 0.6) is 11.5 Å². The summed E-state index contributed by atoms with van der Waals surface area (Å²) in [5.74, 6) is 2.26. The van der Waals surface area contributed by atoms with Gasteiger partial charge in [-0.25, -0.2) is 0 Å². The van der Waals surface area contributed by atoms with Crippen LogP contribution in [0.4, 0.5) is 0 Å². The Balaban J connectivity index is 1.33. The SMILES string of the molecule is Cc1cc2cc(C(=O)NCC[C@H]3COc4ccccc4O3)ccc2o1. The molecule has 0 unspecified atom stereocenters. The minimum Gasteiger partial charge on any atom is -0.486 e. The van der Waals surface area contributed by atoms with Crippen LogP contribution in [0.25, 0.3) is 11.0 Å². The molecule has 2 heterocycles. The maximum Gasteiger partial charge on any atom is 0.251 e. The van der Waals surface area contributed by atoms with Gasteiger partial charge < -0.3 is 19.2 Å². The van der Waals surface area contributed by atoms with Crippen molar-refractivity contribution < 1.29 is 18.7 Å². The van der Waals surface area contributed by atoms with Gasteiger partial charge in [-0.2, -0.15) is 0 Å². The number of furan rings is 1. The van der Waals surface area contributed by atoms with Crippen LogP contribution >= 0.6 is 0 Å². The Kier molecular flexibility index (Phi) is 4.06. The van der Waals surface area contributed by atoms with Crippen LogP contribution in [0.1, 0.15) is 22.5 Å². The Labute approximate surface area is 145 Å². The molecule has 0 bridgehead atoms. The normalized spacial score (nSPS) is 16.0. The topological polar surface area (TPSA) is 60.7 Å². The fourth-order valence-electron chi connectivity index (χ4n) is 2.97. The van der Waals surface area contributed by atoms with Crippen LogP contribution < -0.4 is 14.8 Å². The van der Waals surface area contributed by atoms with Crippen molar-refractivity contribution in [1.29, 1.82) is 0 Å². The number of rotatable bonds is 4. The number of hydrogen-bond donors (Lipinski definition) is 1. The van der Waals surface area contributed by atoms with Gasteiger partial charge in [0.1, 0.15) is 24.1 Å². The van der Waals surface area contributed by atoms with E-state index in [1.807, 2.05) is 49.4 Å². The van der Waals surface area contributed by atoms with E-state index in [2.05, 4.69) is 5.32 Å². The zero-order valence-corrected chi connectivity index (χ0v) is 14.0. The van der Waals surface area contributed by atoms with Gasteiger partial charge in [0.15, 0.2) is 11.5 Å². The van der Waals surface area contributed by atoms with Gasteiger partial charge in [-0.05, 0) is 43.3 Å². The highest BCUT2D eigenvalue weighted by atomic mass is 16.6. The molecule has 0 saturated carbocycles. The second kappa shape index (κ2) is 6.51. The predicted octanol–water partition coefficient (Wildman–Crippen LogP) is 3.70. The number of aryl methyl sites for hydroxylation is 1. The predicted molar refractivity (Wildman–Crippen MR) is 94.3 cm³/mol. The van der Waals surface area contributed by atoms with E-state index in [0.717, 1.165) is 28.2 Å². The van der Waals surface area contributed by atoms with Crippen LogP contribution in [0.2, 0.25) is 0 Å². The molecular formula is C20H19NO4. The molecule has 0 saturated heterocycles. The average Bonchev–Trinajstić information content (AvgIpc) is 3.00. The molecule has 128 valence electrons. The molecule has 1 amide bonds. The summed E-state index contributed by atoms with van der Waals surface area (Å²) in [5, 5.41) is 3.87. The fourth-order valence-corrected chi connectivity index (χ4v) is 2.97. The summed E-state index contributed by atoms with van der Waals surface area (Å²) < 4.78 is 17.1. The molecule has 1 aliphatic rings. The largest absolute Gasteiger partial charge is 0.486 e. The van der Waals surface area contributed by atoms with Crippen molar-refractivity contribution >= 4 is 16.9 Å². The highest BCUT2D eigenvalue weighted by Crippen LogP contribution is 2.31. The van der Waals surface area contributed by atoms with E-state index in [1.54, 1.807) is 6.07 Å². The number of benzene rings is 2. The van der Waals surface area contributed by atoms with E-state index in [9.17, 15) is 4.79 Å². The zero-order valence-electron chi connectivity index (χ0n) is 14.0. The van der Waals surface area contributed by atoms with Crippen LogP contribution in [-0.2, 0) is 0 Å². The molecule has 1 N–H and O–H groups in total. The van der Waals surface area contributed by atoms with E-state index in [1.165, 1.54) is 0 Å². The van der Waals surface area contributed by atoms with Crippen molar-refractivity contribution in [1.82, 2.24) is 5.32 Å². The Morgan fingerprint density at radius 1 is 1.16 bits per heavy atom. The number of hydrogen-bond acceptors (Lipinski definition) is 4. The highest BCUT2D eigenvalue weighted by molar-refractivity contribution is 5.97. The van der Waals surface area contributed by atoms with Gasteiger partial charge in [0, 0.05) is 23.9 Å². The Hall–Kier alpha value is -2.95. The third kappa shape index (κ3) is 3.31. The third-order valence-electron chi connectivity index (χ3n) is 4.22. The quantitative estimate of drug-likeness (QED) is 0.788. The summed E-state index contributed by atoms with van der Waals surface area (Å²) in [6.45, 7) is 2.91. The van der Waals surface area contributed by atoms with Crippen LogP contribution in [0.15, 0.2) is 52.9 Å². The van der Waals surface area contributed by atoms with Gasteiger partial charge in [-0.1, -0.05) is 12.1 Å². The lowest BCUT2D eigenvalue weighted by molar-refractivity contribution is 0.0813. The maximum atomic E-state index is 12.3. The van der Waals surface area contributed by atoms with Crippen LogP contribution in [0, 0.1) is 6.92 Å². The van der Waals surface area contributed by atoms with E-state index in [-0.39, 0.29) is 12.0 Å². The Bertz CT molecular complexity index is 915. The van der Waals surface area contributed by atoms with E-state index >= 15 is 0 Å². The second-order valence-electron chi connectivity index (χ2n) is 6.15. The molecule has 0 radical (unpaired) electrons. The minimum atomic E-state index is -0.0992. The molecule has 0 aliphatic carbocycles. The highest BCUT2D eigenvalue weighted by Gasteiger charge is 2.20. The Morgan fingerprint density at radius 3 is 2.88 bits per heavy atom. The monoisotopic (exact) mass is 337 g/mol. The first-order valence-corrected chi connectivity index (χ1v) is 8.36.